The predicted molar refractivity (Wildman–Crippen MR) is 85.5 cm³/mol. The molecule has 0 saturated heterocycles. The molecule has 0 aliphatic heterocycles. The summed E-state index contributed by atoms with van der Waals surface area (Å²) in [4.78, 5) is 14.4. The van der Waals surface area contributed by atoms with Crippen LogP contribution in [0.3, 0.4) is 0 Å². The number of benzene rings is 2. The SMILES string of the molecule is Cc1ccccc1C(=O)N(Cc1ccccc1C(F)(F)F)C1CC1. The first-order valence-corrected chi connectivity index (χ1v) is 7.89. The molecule has 24 heavy (non-hydrogen) atoms. The van der Waals surface area contributed by atoms with Crippen LogP contribution in [-0.4, -0.2) is 16.8 Å². The van der Waals surface area contributed by atoms with Crippen molar-refractivity contribution in [2.24, 2.45) is 0 Å². The van der Waals surface area contributed by atoms with Crippen LogP contribution in [-0.2, 0) is 12.7 Å². The Kier molecular flexibility index (Phi) is 4.35. The number of carbonyl (C=O) groups excluding carboxylic acids is 1. The van der Waals surface area contributed by atoms with Gasteiger partial charge in [-0.2, -0.15) is 13.2 Å². The Morgan fingerprint density at radius 1 is 1.08 bits per heavy atom. The number of nitrogens with zero attached hydrogens (tertiary/aromatic N) is 1. The molecule has 0 bridgehead atoms. The average Bonchev–Trinajstić information content (AvgIpc) is 3.36. The summed E-state index contributed by atoms with van der Waals surface area (Å²) in [6, 6.07) is 12.7. The van der Waals surface area contributed by atoms with Crippen molar-refractivity contribution in [1.82, 2.24) is 4.90 Å². The second-order valence-electron chi connectivity index (χ2n) is 6.13. The normalized spacial score (nSPS) is 14.5. The summed E-state index contributed by atoms with van der Waals surface area (Å²) in [5.41, 5.74) is 0.846. The molecule has 0 aromatic heterocycles. The van der Waals surface area contributed by atoms with Gasteiger partial charge in [-0.15, -0.1) is 0 Å². The molecule has 3 rings (SSSR count). The molecule has 1 fully saturated rings. The third-order valence-corrected chi connectivity index (χ3v) is 4.29. The van der Waals surface area contributed by atoms with Crippen LogP contribution in [0.15, 0.2) is 48.5 Å². The second kappa shape index (κ2) is 6.30. The maximum atomic E-state index is 13.2. The van der Waals surface area contributed by atoms with E-state index in [4.69, 9.17) is 0 Å². The Morgan fingerprint density at radius 3 is 2.33 bits per heavy atom. The van der Waals surface area contributed by atoms with Crippen molar-refractivity contribution in [3.05, 3.63) is 70.8 Å². The molecule has 0 spiro atoms. The zero-order chi connectivity index (χ0) is 17.3. The summed E-state index contributed by atoms with van der Waals surface area (Å²) >= 11 is 0. The summed E-state index contributed by atoms with van der Waals surface area (Å²) in [7, 11) is 0. The van der Waals surface area contributed by atoms with Gasteiger partial charge in [0.2, 0.25) is 0 Å². The summed E-state index contributed by atoms with van der Waals surface area (Å²) in [5, 5.41) is 0. The monoisotopic (exact) mass is 333 g/mol. The molecule has 1 aliphatic carbocycles. The van der Waals surface area contributed by atoms with Gasteiger partial charge in [-0.3, -0.25) is 4.79 Å². The van der Waals surface area contributed by atoms with Gasteiger partial charge in [0.1, 0.15) is 0 Å². The highest BCUT2D eigenvalue weighted by Gasteiger charge is 2.37. The van der Waals surface area contributed by atoms with E-state index >= 15 is 0 Å². The van der Waals surface area contributed by atoms with Gasteiger partial charge in [-0.1, -0.05) is 36.4 Å². The smallest absolute Gasteiger partial charge is 0.331 e. The topological polar surface area (TPSA) is 20.3 Å². The van der Waals surface area contributed by atoms with Crippen molar-refractivity contribution in [2.45, 2.75) is 38.5 Å². The Hall–Kier alpha value is -2.30. The highest BCUT2D eigenvalue weighted by atomic mass is 19.4. The molecule has 0 N–H and O–H groups in total. The van der Waals surface area contributed by atoms with Crippen molar-refractivity contribution < 1.29 is 18.0 Å². The molecule has 0 atom stereocenters. The number of hydrogen-bond donors (Lipinski definition) is 0. The van der Waals surface area contributed by atoms with Gasteiger partial charge in [-0.25, -0.2) is 0 Å². The van der Waals surface area contributed by atoms with Crippen LogP contribution in [0.1, 0.15) is 39.9 Å². The van der Waals surface area contributed by atoms with E-state index in [2.05, 4.69) is 0 Å². The van der Waals surface area contributed by atoms with Crippen LogP contribution in [0.4, 0.5) is 13.2 Å². The van der Waals surface area contributed by atoms with E-state index in [1.807, 2.05) is 19.1 Å². The van der Waals surface area contributed by atoms with E-state index in [-0.39, 0.29) is 24.1 Å². The van der Waals surface area contributed by atoms with Gasteiger partial charge in [0.25, 0.3) is 5.91 Å². The van der Waals surface area contributed by atoms with E-state index < -0.39 is 11.7 Å². The van der Waals surface area contributed by atoms with Crippen LogP contribution in [0.5, 0.6) is 0 Å². The minimum atomic E-state index is -4.42. The summed E-state index contributed by atoms with van der Waals surface area (Å²) in [5.74, 6) is -0.201. The fourth-order valence-electron chi connectivity index (χ4n) is 2.84. The number of carbonyl (C=O) groups is 1. The zero-order valence-corrected chi connectivity index (χ0v) is 13.3. The number of hydrogen-bond acceptors (Lipinski definition) is 1. The van der Waals surface area contributed by atoms with E-state index in [1.165, 1.54) is 12.1 Å². The highest BCUT2D eigenvalue weighted by molar-refractivity contribution is 5.96. The number of amides is 1. The lowest BCUT2D eigenvalue weighted by molar-refractivity contribution is -0.138. The number of alkyl halides is 3. The molecular formula is C19H18F3NO. The molecule has 2 aromatic rings. The Labute approximate surface area is 138 Å². The maximum absolute atomic E-state index is 13.2. The van der Waals surface area contributed by atoms with Crippen molar-refractivity contribution >= 4 is 5.91 Å². The quantitative estimate of drug-likeness (QED) is 0.785. The van der Waals surface area contributed by atoms with Crippen LogP contribution in [0.25, 0.3) is 0 Å². The zero-order valence-electron chi connectivity index (χ0n) is 13.3. The van der Waals surface area contributed by atoms with Crippen molar-refractivity contribution in [3.63, 3.8) is 0 Å². The van der Waals surface area contributed by atoms with Crippen LogP contribution in [0, 0.1) is 6.92 Å². The predicted octanol–water partition coefficient (Wildman–Crippen LogP) is 4.82. The molecule has 1 amide bonds. The fourth-order valence-corrected chi connectivity index (χ4v) is 2.84. The largest absolute Gasteiger partial charge is 0.416 e. The average molecular weight is 333 g/mol. The molecule has 1 saturated carbocycles. The first-order chi connectivity index (χ1) is 11.4. The minimum Gasteiger partial charge on any atom is -0.331 e. The molecule has 2 aromatic carbocycles. The summed E-state index contributed by atoms with van der Waals surface area (Å²) in [6.07, 6.45) is -2.74. The molecule has 126 valence electrons. The first kappa shape index (κ1) is 16.6. The molecule has 5 heteroatoms. The van der Waals surface area contributed by atoms with Gasteiger partial charge in [0, 0.05) is 18.2 Å². The summed E-state index contributed by atoms with van der Waals surface area (Å²) in [6.45, 7) is 1.81. The van der Waals surface area contributed by atoms with Gasteiger partial charge < -0.3 is 4.90 Å². The van der Waals surface area contributed by atoms with E-state index in [9.17, 15) is 18.0 Å². The van der Waals surface area contributed by atoms with Gasteiger partial charge in [0.05, 0.1) is 5.56 Å². The molecule has 0 radical (unpaired) electrons. The lowest BCUT2D eigenvalue weighted by atomic mass is 10.0. The first-order valence-electron chi connectivity index (χ1n) is 7.89. The lowest BCUT2D eigenvalue weighted by Crippen LogP contribution is -2.33. The van der Waals surface area contributed by atoms with Gasteiger partial charge in [-0.05, 0) is 43.0 Å². The summed E-state index contributed by atoms with van der Waals surface area (Å²) < 4.78 is 39.6. The standard InChI is InChI=1S/C19H18F3NO/c1-13-6-2-4-8-16(13)18(24)23(15-10-11-15)12-14-7-3-5-9-17(14)19(20,21)22/h2-9,15H,10-12H2,1H3. The van der Waals surface area contributed by atoms with E-state index in [0.717, 1.165) is 24.5 Å². The molecular weight excluding hydrogens is 315 g/mol. The van der Waals surface area contributed by atoms with Crippen LogP contribution < -0.4 is 0 Å². The molecule has 1 aliphatic rings. The third-order valence-electron chi connectivity index (χ3n) is 4.29. The van der Waals surface area contributed by atoms with Crippen molar-refractivity contribution in [2.75, 3.05) is 0 Å². The van der Waals surface area contributed by atoms with E-state index in [0.29, 0.717) is 5.56 Å². The molecule has 0 heterocycles. The van der Waals surface area contributed by atoms with Gasteiger partial charge >= 0.3 is 6.18 Å². The highest BCUT2D eigenvalue weighted by Crippen LogP contribution is 2.35. The minimum absolute atomic E-state index is 0.0203. The number of rotatable bonds is 4. The van der Waals surface area contributed by atoms with Crippen LogP contribution in [0.2, 0.25) is 0 Å². The number of aryl methyl sites for hydroxylation is 1. The van der Waals surface area contributed by atoms with E-state index in [1.54, 1.807) is 23.1 Å². The van der Waals surface area contributed by atoms with Crippen molar-refractivity contribution in [1.29, 1.82) is 0 Å². The van der Waals surface area contributed by atoms with Gasteiger partial charge in [0.15, 0.2) is 0 Å². The maximum Gasteiger partial charge on any atom is 0.416 e. The lowest BCUT2D eigenvalue weighted by Gasteiger charge is -2.25. The Bertz CT molecular complexity index is 750. The van der Waals surface area contributed by atoms with Crippen LogP contribution >= 0.6 is 0 Å². The third kappa shape index (κ3) is 3.45. The Balaban J connectivity index is 1.92. The van der Waals surface area contributed by atoms with Crippen molar-refractivity contribution in [3.8, 4) is 0 Å². The number of halogens is 3. The fraction of sp³-hybridized carbons (Fsp3) is 0.316. The second-order valence-corrected chi connectivity index (χ2v) is 6.13. The molecule has 2 nitrogen and oxygen atoms in total. The molecule has 0 unspecified atom stereocenters. The Morgan fingerprint density at radius 2 is 1.71 bits per heavy atom.